The molecule has 1 unspecified atom stereocenters. The lowest BCUT2D eigenvalue weighted by atomic mass is 10.1. The zero-order valence-corrected chi connectivity index (χ0v) is 10.6. The highest BCUT2D eigenvalue weighted by molar-refractivity contribution is 7.80. The molecule has 2 N–H and O–H groups in total. The topological polar surface area (TPSA) is 55.0 Å². The molecule has 0 aliphatic carbocycles. The van der Waals surface area contributed by atoms with Crippen LogP contribution in [0.15, 0.2) is 18.5 Å². The third kappa shape index (κ3) is 4.20. The third-order valence-electron chi connectivity index (χ3n) is 2.45. The predicted octanol–water partition coefficient (Wildman–Crippen LogP) is 1.22. The fourth-order valence-corrected chi connectivity index (χ4v) is 1.47. The van der Waals surface area contributed by atoms with Gasteiger partial charge in [-0.25, -0.2) is 9.97 Å². The summed E-state index contributed by atoms with van der Waals surface area (Å²) in [5.74, 6) is 1.05. The number of hydrogen-bond acceptors (Lipinski definition) is 4. The monoisotopic (exact) mass is 238 g/mol. The van der Waals surface area contributed by atoms with Crippen LogP contribution in [0.3, 0.4) is 0 Å². The van der Waals surface area contributed by atoms with Crippen molar-refractivity contribution in [2.75, 3.05) is 13.1 Å². The Hall–Kier alpha value is -1.07. The van der Waals surface area contributed by atoms with Crippen molar-refractivity contribution in [1.82, 2.24) is 14.9 Å². The van der Waals surface area contributed by atoms with Crippen molar-refractivity contribution in [3.63, 3.8) is 0 Å². The van der Waals surface area contributed by atoms with Crippen LogP contribution in [-0.2, 0) is 6.54 Å². The molecule has 1 aromatic heterocycles. The van der Waals surface area contributed by atoms with Crippen molar-refractivity contribution in [2.45, 2.75) is 20.4 Å². The molecule has 0 fully saturated rings. The van der Waals surface area contributed by atoms with E-state index in [4.69, 9.17) is 18.0 Å². The number of nitrogens with two attached hydrogens (primary N) is 1. The standard InChI is InChI=1S/C11H18N4S/c1-3-15(7-9(2)11(12)16)8-10-13-5-4-6-14-10/h4-6,9H,3,7-8H2,1-2H3,(H2,12,16). The van der Waals surface area contributed by atoms with Crippen LogP contribution in [0.25, 0.3) is 0 Å². The van der Waals surface area contributed by atoms with E-state index in [1.807, 2.05) is 13.0 Å². The van der Waals surface area contributed by atoms with Gasteiger partial charge in [-0.15, -0.1) is 0 Å². The Morgan fingerprint density at radius 2 is 2.12 bits per heavy atom. The zero-order valence-electron chi connectivity index (χ0n) is 9.76. The molecule has 88 valence electrons. The molecule has 0 spiro atoms. The molecule has 0 radical (unpaired) electrons. The first kappa shape index (κ1) is 13.0. The lowest BCUT2D eigenvalue weighted by Crippen LogP contribution is -2.34. The maximum Gasteiger partial charge on any atom is 0.142 e. The van der Waals surface area contributed by atoms with E-state index in [-0.39, 0.29) is 5.92 Å². The number of rotatable bonds is 6. The molecule has 16 heavy (non-hydrogen) atoms. The van der Waals surface area contributed by atoms with Crippen LogP contribution < -0.4 is 5.73 Å². The van der Waals surface area contributed by atoms with Gasteiger partial charge in [0.05, 0.1) is 11.5 Å². The SMILES string of the molecule is CCN(Cc1ncccn1)CC(C)C(N)=S. The van der Waals surface area contributed by atoms with Gasteiger partial charge in [0.1, 0.15) is 5.82 Å². The van der Waals surface area contributed by atoms with E-state index in [0.29, 0.717) is 4.99 Å². The molecule has 1 heterocycles. The number of nitrogens with zero attached hydrogens (tertiary/aromatic N) is 3. The van der Waals surface area contributed by atoms with Crippen molar-refractivity contribution >= 4 is 17.2 Å². The summed E-state index contributed by atoms with van der Waals surface area (Å²) >= 11 is 4.97. The molecule has 0 bridgehead atoms. The fourth-order valence-electron chi connectivity index (χ4n) is 1.39. The summed E-state index contributed by atoms with van der Waals surface area (Å²) in [4.78, 5) is 11.2. The highest BCUT2D eigenvalue weighted by Gasteiger charge is 2.12. The van der Waals surface area contributed by atoms with Crippen molar-refractivity contribution in [3.8, 4) is 0 Å². The van der Waals surface area contributed by atoms with Gasteiger partial charge in [-0.05, 0) is 12.6 Å². The average molecular weight is 238 g/mol. The molecule has 0 aliphatic rings. The van der Waals surface area contributed by atoms with Gasteiger partial charge in [-0.1, -0.05) is 26.1 Å². The average Bonchev–Trinajstić information content (AvgIpc) is 2.29. The Kier molecular flexibility index (Phi) is 5.28. The van der Waals surface area contributed by atoms with E-state index in [9.17, 15) is 0 Å². The van der Waals surface area contributed by atoms with Crippen LogP contribution in [0.5, 0.6) is 0 Å². The van der Waals surface area contributed by atoms with Gasteiger partial charge in [0.25, 0.3) is 0 Å². The van der Waals surface area contributed by atoms with Crippen LogP contribution in [0.2, 0.25) is 0 Å². The van der Waals surface area contributed by atoms with E-state index in [2.05, 4.69) is 21.8 Å². The second kappa shape index (κ2) is 6.50. The van der Waals surface area contributed by atoms with Crippen LogP contribution in [0.1, 0.15) is 19.7 Å². The Labute approximate surface area is 102 Å². The van der Waals surface area contributed by atoms with Crippen molar-refractivity contribution < 1.29 is 0 Å². The number of thiocarbonyl (C=S) groups is 1. The van der Waals surface area contributed by atoms with E-state index < -0.39 is 0 Å². The minimum absolute atomic E-state index is 0.221. The highest BCUT2D eigenvalue weighted by atomic mass is 32.1. The molecule has 1 rings (SSSR count). The molecular formula is C11H18N4S. The second-order valence-electron chi connectivity index (χ2n) is 3.80. The minimum atomic E-state index is 0.221. The molecule has 1 aromatic rings. The largest absolute Gasteiger partial charge is 0.393 e. The third-order valence-corrected chi connectivity index (χ3v) is 2.85. The predicted molar refractivity (Wildman–Crippen MR) is 68.9 cm³/mol. The van der Waals surface area contributed by atoms with Crippen molar-refractivity contribution in [2.24, 2.45) is 11.7 Å². The quantitative estimate of drug-likeness (QED) is 0.755. The summed E-state index contributed by atoms with van der Waals surface area (Å²) in [6, 6.07) is 1.82. The molecule has 0 amide bonds. The van der Waals surface area contributed by atoms with E-state index in [1.165, 1.54) is 0 Å². The van der Waals surface area contributed by atoms with Gasteiger partial charge in [-0.2, -0.15) is 0 Å². The lowest BCUT2D eigenvalue weighted by Gasteiger charge is -2.22. The first-order valence-corrected chi connectivity index (χ1v) is 5.81. The van der Waals surface area contributed by atoms with Crippen molar-refractivity contribution in [1.29, 1.82) is 0 Å². The maximum absolute atomic E-state index is 5.61. The Bertz CT molecular complexity index is 328. The summed E-state index contributed by atoms with van der Waals surface area (Å²) in [7, 11) is 0. The Morgan fingerprint density at radius 1 is 1.50 bits per heavy atom. The van der Waals surface area contributed by atoms with Crippen LogP contribution >= 0.6 is 12.2 Å². The summed E-state index contributed by atoms with van der Waals surface area (Å²) < 4.78 is 0. The number of aromatic nitrogens is 2. The minimum Gasteiger partial charge on any atom is -0.393 e. The van der Waals surface area contributed by atoms with Gasteiger partial charge in [0.2, 0.25) is 0 Å². The first-order chi connectivity index (χ1) is 7.63. The molecule has 0 saturated heterocycles. The molecule has 0 aromatic carbocycles. The summed E-state index contributed by atoms with van der Waals surface area (Å²) in [5, 5.41) is 0. The van der Waals surface area contributed by atoms with E-state index >= 15 is 0 Å². The molecule has 4 nitrogen and oxygen atoms in total. The molecule has 0 saturated carbocycles. The van der Waals surface area contributed by atoms with E-state index in [0.717, 1.165) is 25.5 Å². The first-order valence-electron chi connectivity index (χ1n) is 5.41. The van der Waals surface area contributed by atoms with Gasteiger partial charge >= 0.3 is 0 Å². The number of hydrogen-bond donors (Lipinski definition) is 1. The molecule has 0 aliphatic heterocycles. The van der Waals surface area contributed by atoms with Gasteiger partial charge < -0.3 is 5.73 Å². The van der Waals surface area contributed by atoms with E-state index in [1.54, 1.807) is 12.4 Å². The summed E-state index contributed by atoms with van der Waals surface area (Å²) in [6.07, 6.45) is 3.51. The normalized spacial score (nSPS) is 12.7. The lowest BCUT2D eigenvalue weighted by molar-refractivity contribution is 0.257. The highest BCUT2D eigenvalue weighted by Crippen LogP contribution is 2.04. The Balaban J connectivity index is 2.53. The smallest absolute Gasteiger partial charge is 0.142 e. The van der Waals surface area contributed by atoms with Crippen molar-refractivity contribution in [3.05, 3.63) is 24.3 Å². The van der Waals surface area contributed by atoms with Crippen LogP contribution in [-0.4, -0.2) is 32.9 Å². The summed E-state index contributed by atoms with van der Waals surface area (Å²) in [6.45, 7) is 6.67. The zero-order chi connectivity index (χ0) is 12.0. The molecule has 5 heteroatoms. The van der Waals surface area contributed by atoms with Gasteiger partial charge in [0.15, 0.2) is 0 Å². The second-order valence-corrected chi connectivity index (χ2v) is 4.27. The van der Waals surface area contributed by atoms with Gasteiger partial charge in [0, 0.05) is 24.9 Å². The summed E-state index contributed by atoms with van der Waals surface area (Å²) in [5.41, 5.74) is 5.61. The van der Waals surface area contributed by atoms with Crippen LogP contribution in [0, 0.1) is 5.92 Å². The molecule has 1 atom stereocenters. The Morgan fingerprint density at radius 3 is 2.62 bits per heavy atom. The molecular weight excluding hydrogens is 220 g/mol. The van der Waals surface area contributed by atoms with Crippen LogP contribution in [0.4, 0.5) is 0 Å². The fraction of sp³-hybridized carbons (Fsp3) is 0.545. The maximum atomic E-state index is 5.61. The van der Waals surface area contributed by atoms with Gasteiger partial charge in [-0.3, -0.25) is 4.90 Å².